The van der Waals surface area contributed by atoms with Gasteiger partial charge in [0.15, 0.2) is 6.61 Å². The number of thioether (sulfide) groups is 1. The Morgan fingerprint density at radius 1 is 1.00 bits per heavy atom. The van der Waals surface area contributed by atoms with Crippen molar-refractivity contribution in [1.82, 2.24) is 20.6 Å². The molecular formula is C24H26N4O3S. The van der Waals surface area contributed by atoms with Crippen LogP contribution in [0.3, 0.4) is 0 Å². The van der Waals surface area contributed by atoms with Crippen LogP contribution in [0.25, 0.3) is 10.8 Å². The molecule has 2 N–H and O–H groups in total. The van der Waals surface area contributed by atoms with Gasteiger partial charge >= 0.3 is 0 Å². The van der Waals surface area contributed by atoms with Crippen molar-refractivity contribution in [2.45, 2.75) is 26.1 Å². The van der Waals surface area contributed by atoms with E-state index < -0.39 is 6.10 Å². The number of aliphatic hydroxyl groups excluding tert-OH is 1. The van der Waals surface area contributed by atoms with Gasteiger partial charge in [0, 0.05) is 11.1 Å². The molecule has 1 heterocycles. The Balaban J connectivity index is 1.27. The standard InChI is InChI=1S/C24H26N4O3S/c1-17-8-10-20(11-9-17)30-14-19(29)16-32-13-12-18-4-2-6-22-21(18)5-3-7-23(22)31-15-24-25-27-28-26-24/h2-11,19,29H,12-16H2,1H3,(H,25,26,27,28). The summed E-state index contributed by atoms with van der Waals surface area (Å²) in [5, 5.41) is 26.3. The molecule has 32 heavy (non-hydrogen) atoms. The van der Waals surface area contributed by atoms with Crippen molar-refractivity contribution in [3.05, 3.63) is 77.6 Å². The number of nitrogens with one attached hydrogen (secondary N) is 1. The fourth-order valence-electron chi connectivity index (χ4n) is 3.35. The molecule has 0 fully saturated rings. The molecule has 0 saturated carbocycles. The van der Waals surface area contributed by atoms with Gasteiger partial charge in [-0.05, 0) is 48.2 Å². The van der Waals surface area contributed by atoms with E-state index in [2.05, 4.69) is 38.8 Å². The second-order valence-corrected chi connectivity index (χ2v) is 8.64. The maximum atomic E-state index is 10.2. The number of aryl methyl sites for hydroxylation is 2. The fraction of sp³-hybridized carbons (Fsp3) is 0.292. The summed E-state index contributed by atoms with van der Waals surface area (Å²) in [6.45, 7) is 2.60. The minimum Gasteiger partial charge on any atom is -0.491 e. The first-order chi connectivity index (χ1) is 15.7. The van der Waals surface area contributed by atoms with Gasteiger partial charge in [-0.3, -0.25) is 0 Å². The van der Waals surface area contributed by atoms with E-state index in [9.17, 15) is 5.11 Å². The lowest BCUT2D eigenvalue weighted by Gasteiger charge is -2.13. The van der Waals surface area contributed by atoms with Gasteiger partial charge < -0.3 is 14.6 Å². The number of hydrogen-bond acceptors (Lipinski definition) is 7. The monoisotopic (exact) mass is 450 g/mol. The number of aromatic nitrogens is 4. The average Bonchev–Trinajstić information content (AvgIpc) is 3.34. The van der Waals surface area contributed by atoms with Crippen LogP contribution in [0.4, 0.5) is 0 Å². The molecule has 0 aliphatic heterocycles. The van der Waals surface area contributed by atoms with Crippen LogP contribution in [0.1, 0.15) is 17.0 Å². The third kappa shape index (κ3) is 5.99. The molecule has 0 radical (unpaired) electrons. The topological polar surface area (TPSA) is 93.1 Å². The van der Waals surface area contributed by atoms with E-state index in [4.69, 9.17) is 9.47 Å². The maximum absolute atomic E-state index is 10.2. The SMILES string of the molecule is Cc1ccc(OCC(O)CSCCc2cccc3c(OCc4nn[nH]n4)cccc23)cc1. The van der Waals surface area contributed by atoms with Crippen LogP contribution >= 0.6 is 11.8 Å². The van der Waals surface area contributed by atoms with Crippen molar-refractivity contribution in [2.24, 2.45) is 0 Å². The third-order valence-corrected chi connectivity index (χ3v) is 6.12. The van der Waals surface area contributed by atoms with Gasteiger partial charge in [0.2, 0.25) is 5.82 Å². The summed E-state index contributed by atoms with van der Waals surface area (Å²) < 4.78 is 11.6. The van der Waals surface area contributed by atoms with Crippen molar-refractivity contribution in [1.29, 1.82) is 0 Å². The number of aliphatic hydroxyl groups is 1. The Hall–Kier alpha value is -3.10. The molecular weight excluding hydrogens is 424 g/mol. The predicted octanol–water partition coefficient (Wildman–Crippen LogP) is 3.96. The summed E-state index contributed by atoms with van der Waals surface area (Å²) in [7, 11) is 0. The zero-order chi connectivity index (χ0) is 22.2. The lowest BCUT2D eigenvalue weighted by molar-refractivity contribution is 0.126. The number of nitrogens with zero attached hydrogens (tertiary/aromatic N) is 3. The van der Waals surface area contributed by atoms with Crippen LogP contribution in [0.5, 0.6) is 11.5 Å². The fourth-order valence-corrected chi connectivity index (χ4v) is 4.25. The third-order valence-electron chi connectivity index (χ3n) is 5.01. The van der Waals surface area contributed by atoms with E-state index in [-0.39, 0.29) is 6.61 Å². The molecule has 1 atom stereocenters. The van der Waals surface area contributed by atoms with Gasteiger partial charge in [-0.2, -0.15) is 17.0 Å². The number of benzene rings is 3. The summed E-state index contributed by atoms with van der Waals surface area (Å²) >= 11 is 1.73. The van der Waals surface area contributed by atoms with Crippen molar-refractivity contribution in [3.8, 4) is 11.5 Å². The van der Waals surface area contributed by atoms with Crippen molar-refractivity contribution in [2.75, 3.05) is 18.1 Å². The van der Waals surface area contributed by atoms with Crippen LogP contribution in [-0.2, 0) is 13.0 Å². The zero-order valence-electron chi connectivity index (χ0n) is 17.9. The van der Waals surface area contributed by atoms with E-state index >= 15 is 0 Å². The number of tetrazole rings is 1. The second kappa shape index (κ2) is 11.0. The maximum Gasteiger partial charge on any atom is 0.211 e. The highest BCUT2D eigenvalue weighted by Gasteiger charge is 2.09. The molecule has 0 amide bonds. The molecule has 0 aliphatic rings. The molecule has 166 valence electrons. The molecule has 4 rings (SSSR count). The first-order valence-electron chi connectivity index (χ1n) is 10.5. The Kier molecular flexibility index (Phi) is 7.58. The van der Waals surface area contributed by atoms with E-state index in [0.29, 0.717) is 18.2 Å². The Morgan fingerprint density at radius 2 is 1.81 bits per heavy atom. The van der Waals surface area contributed by atoms with Crippen molar-refractivity contribution >= 4 is 22.5 Å². The number of ether oxygens (including phenoxy) is 2. The summed E-state index contributed by atoms with van der Waals surface area (Å²) in [5.74, 6) is 3.64. The van der Waals surface area contributed by atoms with Crippen LogP contribution in [0, 0.1) is 6.92 Å². The number of rotatable bonds is 11. The number of aromatic amines is 1. The Morgan fingerprint density at radius 3 is 2.62 bits per heavy atom. The first-order valence-corrected chi connectivity index (χ1v) is 11.7. The first kappa shape index (κ1) is 22.1. The highest BCUT2D eigenvalue weighted by atomic mass is 32.2. The molecule has 4 aromatic rings. The predicted molar refractivity (Wildman–Crippen MR) is 126 cm³/mol. The van der Waals surface area contributed by atoms with Gasteiger partial charge in [-0.25, -0.2) is 0 Å². The largest absolute Gasteiger partial charge is 0.491 e. The summed E-state index contributed by atoms with van der Waals surface area (Å²) in [6.07, 6.45) is 0.404. The highest BCUT2D eigenvalue weighted by Crippen LogP contribution is 2.29. The summed E-state index contributed by atoms with van der Waals surface area (Å²) in [6, 6.07) is 20.2. The van der Waals surface area contributed by atoms with Crippen LogP contribution in [0.2, 0.25) is 0 Å². The van der Waals surface area contributed by atoms with Gasteiger partial charge in [-0.15, -0.1) is 10.2 Å². The molecule has 8 heteroatoms. The minimum absolute atomic E-state index is 0.262. The minimum atomic E-state index is -0.501. The average molecular weight is 451 g/mol. The summed E-state index contributed by atoms with van der Waals surface area (Å²) in [5.41, 5.74) is 2.44. The normalized spacial score (nSPS) is 12.1. The number of hydrogen-bond donors (Lipinski definition) is 2. The van der Waals surface area contributed by atoms with Gasteiger partial charge in [0.25, 0.3) is 0 Å². The van der Waals surface area contributed by atoms with Crippen LogP contribution in [-0.4, -0.2) is 49.9 Å². The van der Waals surface area contributed by atoms with E-state index in [0.717, 1.165) is 29.1 Å². The second-order valence-electron chi connectivity index (χ2n) is 7.49. The molecule has 0 aliphatic carbocycles. The quantitative estimate of drug-likeness (QED) is 0.334. The lowest BCUT2D eigenvalue weighted by atomic mass is 10.0. The number of H-pyrrole nitrogens is 1. The van der Waals surface area contributed by atoms with E-state index in [1.165, 1.54) is 16.5 Å². The van der Waals surface area contributed by atoms with E-state index in [1.807, 2.05) is 49.4 Å². The van der Waals surface area contributed by atoms with E-state index in [1.54, 1.807) is 11.8 Å². The zero-order valence-corrected chi connectivity index (χ0v) is 18.7. The molecule has 3 aromatic carbocycles. The highest BCUT2D eigenvalue weighted by molar-refractivity contribution is 7.99. The van der Waals surface area contributed by atoms with Gasteiger partial charge in [0.05, 0.1) is 6.10 Å². The number of fused-ring (bicyclic) bond motifs is 1. The molecule has 0 saturated heterocycles. The molecule has 0 spiro atoms. The molecule has 1 aromatic heterocycles. The molecule has 7 nitrogen and oxygen atoms in total. The lowest BCUT2D eigenvalue weighted by Crippen LogP contribution is -2.20. The molecule has 1 unspecified atom stereocenters. The van der Waals surface area contributed by atoms with Gasteiger partial charge in [0.1, 0.15) is 18.1 Å². The summed E-state index contributed by atoms with van der Waals surface area (Å²) in [4.78, 5) is 0. The smallest absolute Gasteiger partial charge is 0.211 e. The van der Waals surface area contributed by atoms with Gasteiger partial charge in [-0.1, -0.05) is 53.2 Å². The Bertz CT molecular complexity index is 1120. The van der Waals surface area contributed by atoms with Crippen LogP contribution < -0.4 is 9.47 Å². The van der Waals surface area contributed by atoms with Crippen molar-refractivity contribution < 1.29 is 14.6 Å². The Labute approximate surface area is 191 Å². The van der Waals surface area contributed by atoms with Crippen molar-refractivity contribution in [3.63, 3.8) is 0 Å². The van der Waals surface area contributed by atoms with Crippen LogP contribution in [0.15, 0.2) is 60.7 Å². The molecule has 0 bridgehead atoms.